The molecule has 1 atom stereocenters. The molecular weight excluding hydrogens is 400 g/mol. The minimum Gasteiger partial charge on any atom is -0.423 e. The van der Waals surface area contributed by atoms with Gasteiger partial charge in [-0.3, -0.25) is 10.1 Å². The summed E-state index contributed by atoms with van der Waals surface area (Å²) in [4.78, 5) is 22.3. The third kappa shape index (κ3) is 3.48. The van der Waals surface area contributed by atoms with E-state index in [1.807, 2.05) is 48.5 Å². The molecule has 152 valence electrons. The third-order valence-corrected chi connectivity index (χ3v) is 5.64. The van der Waals surface area contributed by atoms with Crippen LogP contribution in [0.4, 0.5) is 6.01 Å². The van der Waals surface area contributed by atoms with Gasteiger partial charge in [-0.25, -0.2) is 4.99 Å². The average Bonchev–Trinajstić information content (AvgIpc) is 3.08. The second-order valence-electron chi connectivity index (χ2n) is 8.51. The molecule has 1 aliphatic carbocycles. The highest BCUT2D eigenvalue weighted by Gasteiger charge is 2.39. The van der Waals surface area contributed by atoms with E-state index >= 15 is 0 Å². The molecule has 1 aliphatic heterocycles. The molecule has 1 unspecified atom stereocenters. The summed E-state index contributed by atoms with van der Waals surface area (Å²) in [5, 5.41) is 7.07. The Bertz CT molecular complexity index is 1190. The molecule has 30 heavy (non-hydrogen) atoms. The van der Waals surface area contributed by atoms with E-state index < -0.39 is 6.04 Å². The number of hydrogen-bond acceptors (Lipinski definition) is 6. The number of nitrogens with zero attached hydrogens (tertiary/aromatic N) is 2. The van der Waals surface area contributed by atoms with Gasteiger partial charge in [0.15, 0.2) is 11.4 Å². The Hall–Kier alpha value is -3.12. The zero-order valence-electron chi connectivity index (χ0n) is 16.7. The van der Waals surface area contributed by atoms with Gasteiger partial charge in [-0.2, -0.15) is 4.98 Å². The molecule has 2 heterocycles. The van der Waals surface area contributed by atoms with Gasteiger partial charge in [-0.05, 0) is 41.7 Å². The Morgan fingerprint density at radius 3 is 2.80 bits per heavy atom. The van der Waals surface area contributed by atoms with Crippen LogP contribution in [0.2, 0.25) is 5.02 Å². The lowest BCUT2D eigenvalue weighted by Crippen LogP contribution is -2.41. The minimum absolute atomic E-state index is 0.114. The van der Waals surface area contributed by atoms with Crippen molar-refractivity contribution in [1.82, 2.24) is 10.3 Å². The van der Waals surface area contributed by atoms with E-state index in [-0.39, 0.29) is 11.2 Å². The average molecular weight is 421 g/mol. The molecule has 2 aromatic carbocycles. The number of guanidine groups is 1. The standard InChI is InChI=1S/C23H21ClN4O2/c1-23(2)11-16-19(17(29)12-23)20(13-6-5-7-14(24)10-13)27-21(25-16)28-22-26-15-8-3-4-9-18(15)30-22/h3-10,20H,11-12H2,1-2H3,(H2,25,26,27,28). The normalized spacial score (nSPS) is 20.6. The molecule has 0 fully saturated rings. The molecule has 7 heteroatoms. The van der Waals surface area contributed by atoms with E-state index in [4.69, 9.17) is 21.0 Å². The number of nitrogens with one attached hydrogen (secondary N) is 2. The second-order valence-corrected chi connectivity index (χ2v) is 8.94. The number of carbonyl (C=O) groups is 1. The minimum atomic E-state index is -0.435. The van der Waals surface area contributed by atoms with Gasteiger partial charge in [0.25, 0.3) is 0 Å². The number of ketones is 1. The van der Waals surface area contributed by atoms with Crippen LogP contribution < -0.4 is 10.6 Å². The van der Waals surface area contributed by atoms with Crippen molar-refractivity contribution in [2.24, 2.45) is 10.4 Å². The van der Waals surface area contributed by atoms with E-state index in [2.05, 4.69) is 29.5 Å². The maximum Gasteiger partial charge on any atom is 0.302 e. The molecule has 0 saturated heterocycles. The number of para-hydroxylation sites is 2. The largest absolute Gasteiger partial charge is 0.423 e. The van der Waals surface area contributed by atoms with Crippen molar-refractivity contribution in [3.05, 3.63) is 70.4 Å². The van der Waals surface area contributed by atoms with Crippen molar-refractivity contribution < 1.29 is 9.21 Å². The number of hydrogen-bond donors (Lipinski definition) is 2. The molecule has 0 amide bonds. The summed E-state index contributed by atoms with van der Waals surface area (Å²) in [5.41, 5.74) is 3.80. The van der Waals surface area contributed by atoms with Crippen LogP contribution in [0.3, 0.4) is 0 Å². The lowest BCUT2D eigenvalue weighted by molar-refractivity contribution is -0.118. The van der Waals surface area contributed by atoms with Crippen molar-refractivity contribution in [2.75, 3.05) is 5.32 Å². The Kier molecular flexibility index (Phi) is 4.40. The van der Waals surface area contributed by atoms with Gasteiger partial charge >= 0.3 is 6.01 Å². The highest BCUT2D eigenvalue weighted by molar-refractivity contribution is 6.30. The summed E-state index contributed by atoms with van der Waals surface area (Å²) >= 11 is 6.23. The summed E-state index contributed by atoms with van der Waals surface area (Å²) < 4.78 is 5.78. The summed E-state index contributed by atoms with van der Waals surface area (Å²) in [6, 6.07) is 15.0. The van der Waals surface area contributed by atoms with Gasteiger partial charge in [0.05, 0.1) is 0 Å². The van der Waals surface area contributed by atoms with E-state index in [1.54, 1.807) is 0 Å². The van der Waals surface area contributed by atoms with Crippen molar-refractivity contribution in [3.8, 4) is 0 Å². The van der Waals surface area contributed by atoms with E-state index in [0.717, 1.165) is 23.2 Å². The number of allylic oxidation sites excluding steroid dienone is 1. The van der Waals surface area contributed by atoms with Gasteiger partial charge < -0.3 is 9.73 Å². The summed E-state index contributed by atoms with van der Waals surface area (Å²) in [6.07, 6.45) is 1.24. The van der Waals surface area contributed by atoms with Gasteiger partial charge in [0.2, 0.25) is 5.96 Å². The molecule has 2 N–H and O–H groups in total. The highest BCUT2D eigenvalue weighted by Crippen LogP contribution is 2.43. The number of aliphatic imine (C=N–C) groups is 1. The highest BCUT2D eigenvalue weighted by atomic mass is 35.5. The maximum atomic E-state index is 13.0. The lowest BCUT2D eigenvalue weighted by Gasteiger charge is -2.37. The molecule has 6 nitrogen and oxygen atoms in total. The Morgan fingerprint density at radius 2 is 2.00 bits per heavy atom. The van der Waals surface area contributed by atoms with Crippen molar-refractivity contribution >= 4 is 40.5 Å². The monoisotopic (exact) mass is 420 g/mol. The number of rotatable bonds is 2. The number of Topliss-reactive ketones (excluding diaryl/α,β-unsaturated/α-hetero) is 1. The predicted octanol–water partition coefficient (Wildman–Crippen LogP) is 5.24. The first-order valence-electron chi connectivity index (χ1n) is 9.87. The predicted molar refractivity (Wildman–Crippen MR) is 117 cm³/mol. The number of aromatic nitrogens is 1. The molecule has 5 rings (SSSR count). The van der Waals surface area contributed by atoms with Gasteiger partial charge in [0.1, 0.15) is 11.6 Å². The molecular formula is C23H21ClN4O2. The molecule has 0 saturated carbocycles. The Morgan fingerprint density at radius 1 is 1.17 bits per heavy atom. The first-order valence-corrected chi connectivity index (χ1v) is 10.2. The maximum absolute atomic E-state index is 13.0. The third-order valence-electron chi connectivity index (χ3n) is 5.40. The van der Waals surface area contributed by atoms with E-state index in [9.17, 15) is 4.79 Å². The number of carbonyl (C=O) groups excluding carboxylic acids is 1. The van der Waals surface area contributed by atoms with Gasteiger partial charge in [0, 0.05) is 22.7 Å². The molecule has 0 spiro atoms. The summed E-state index contributed by atoms with van der Waals surface area (Å²) in [7, 11) is 0. The van der Waals surface area contributed by atoms with Crippen molar-refractivity contribution in [2.45, 2.75) is 32.7 Å². The topological polar surface area (TPSA) is 79.5 Å². The number of benzene rings is 2. The molecule has 0 radical (unpaired) electrons. The zero-order chi connectivity index (χ0) is 20.9. The van der Waals surface area contributed by atoms with Crippen LogP contribution >= 0.6 is 11.6 Å². The summed E-state index contributed by atoms with van der Waals surface area (Å²) in [5.74, 6) is 0.610. The van der Waals surface area contributed by atoms with E-state index in [0.29, 0.717) is 34.6 Å². The van der Waals surface area contributed by atoms with E-state index in [1.165, 1.54) is 0 Å². The summed E-state index contributed by atoms with van der Waals surface area (Å²) in [6.45, 7) is 4.20. The number of halogens is 1. The van der Waals surface area contributed by atoms with Crippen molar-refractivity contribution in [3.63, 3.8) is 0 Å². The van der Waals surface area contributed by atoms with Gasteiger partial charge in [-0.1, -0.05) is 49.7 Å². The molecule has 2 aliphatic rings. The fourth-order valence-electron chi connectivity index (χ4n) is 4.14. The van der Waals surface area contributed by atoms with Crippen LogP contribution in [0.5, 0.6) is 0 Å². The first-order chi connectivity index (χ1) is 14.4. The number of anilines is 1. The van der Waals surface area contributed by atoms with Crippen LogP contribution in [-0.2, 0) is 4.79 Å². The zero-order valence-corrected chi connectivity index (χ0v) is 17.5. The lowest BCUT2D eigenvalue weighted by atomic mass is 9.73. The molecule has 0 bridgehead atoms. The van der Waals surface area contributed by atoms with Crippen LogP contribution in [0.15, 0.2) is 69.2 Å². The fourth-order valence-corrected chi connectivity index (χ4v) is 4.34. The molecule has 1 aromatic heterocycles. The Labute approximate surface area is 179 Å². The van der Waals surface area contributed by atoms with Gasteiger partial charge in [-0.15, -0.1) is 0 Å². The smallest absolute Gasteiger partial charge is 0.302 e. The second kappa shape index (κ2) is 6.99. The van der Waals surface area contributed by atoms with Crippen LogP contribution in [0, 0.1) is 5.41 Å². The molecule has 3 aromatic rings. The van der Waals surface area contributed by atoms with Crippen LogP contribution in [0.25, 0.3) is 11.1 Å². The van der Waals surface area contributed by atoms with Crippen LogP contribution in [-0.4, -0.2) is 16.7 Å². The fraction of sp³-hybridized carbons (Fsp3) is 0.261. The Balaban J connectivity index is 1.55. The number of fused-ring (bicyclic) bond motifs is 1. The SMILES string of the molecule is CC1(C)CC(=O)C2=C(C1)NC(Nc1nc3ccccc3o1)=NC2c1cccc(Cl)c1. The number of oxazole rings is 1. The quantitative estimate of drug-likeness (QED) is 0.592. The van der Waals surface area contributed by atoms with Crippen molar-refractivity contribution in [1.29, 1.82) is 0 Å². The van der Waals surface area contributed by atoms with Crippen LogP contribution in [0.1, 0.15) is 38.3 Å². The first kappa shape index (κ1) is 18.9.